The molecule has 1 aromatic heterocycles. The second-order valence-electron chi connectivity index (χ2n) is 3.87. The zero-order valence-corrected chi connectivity index (χ0v) is 10.6. The van der Waals surface area contributed by atoms with Gasteiger partial charge >= 0.3 is 5.97 Å². The quantitative estimate of drug-likeness (QED) is 0.629. The lowest BCUT2D eigenvalue weighted by atomic mass is 10.2. The van der Waals surface area contributed by atoms with Gasteiger partial charge in [-0.05, 0) is 19.9 Å². The number of hydrogen-bond donors (Lipinski definition) is 3. The van der Waals surface area contributed by atoms with Crippen molar-refractivity contribution in [2.45, 2.75) is 26.8 Å². The summed E-state index contributed by atoms with van der Waals surface area (Å²) in [6, 6.07) is 1.50. The van der Waals surface area contributed by atoms with Crippen LogP contribution in [-0.2, 0) is 11.3 Å². The zero-order valence-electron chi connectivity index (χ0n) is 10.6. The molecule has 1 rings (SSSR count). The van der Waals surface area contributed by atoms with Crippen molar-refractivity contribution in [2.75, 3.05) is 13.1 Å². The summed E-state index contributed by atoms with van der Waals surface area (Å²) in [5, 5.41) is 14.6. The lowest BCUT2D eigenvalue weighted by molar-refractivity contribution is -0.120. The molecule has 0 radical (unpaired) electrons. The molecule has 100 valence electrons. The van der Waals surface area contributed by atoms with E-state index in [-0.39, 0.29) is 11.5 Å². The minimum Gasteiger partial charge on any atom is -0.478 e. The molecule has 6 nitrogen and oxygen atoms in total. The lowest BCUT2D eigenvalue weighted by Crippen LogP contribution is -2.27. The van der Waals surface area contributed by atoms with Crippen LogP contribution >= 0.6 is 0 Å². The molecule has 1 aromatic rings. The highest BCUT2D eigenvalue weighted by Crippen LogP contribution is 2.14. The van der Waals surface area contributed by atoms with Crippen molar-refractivity contribution in [3.63, 3.8) is 0 Å². The van der Waals surface area contributed by atoms with Crippen LogP contribution in [0.1, 0.15) is 35.2 Å². The van der Waals surface area contributed by atoms with Gasteiger partial charge in [0, 0.05) is 19.5 Å². The number of nitrogens with one attached hydrogen (secondary N) is 2. The Morgan fingerprint density at radius 1 is 1.44 bits per heavy atom. The Labute approximate surface area is 105 Å². The predicted octanol–water partition coefficient (Wildman–Crippen LogP) is 0.902. The molecule has 3 N–H and O–H groups in total. The summed E-state index contributed by atoms with van der Waals surface area (Å²) < 4.78 is 5.29. The monoisotopic (exact) mass is 254 g/mol. The van der Waals surface area contributed by atoms with Crippen molar-refractivity contribution in [3.8, 4) is 0 Å². The minimum absolute atomic E-state index is 0.00755. The Hall–Kier alpha value is -1.82. The Kier molecular flexibility index (Phi) is 5.38. The maximum Gasteiger partial charge on any atom is 0.339 e. The van der Waals surface area contributed by atoms with E-state index in [1.807, 2.05) is 6.92 Å². The number of carboxylic acid groups (broad SMARTS) is 1. The van der Waals surface area contributed by atoms with Gasteiger partial charge in [-0.3, -0.25) is 4.79 Å². The summed E-state index contributed by atoms with van der Waals surface area (Å²) in [4.78, 5) is 21.9. The number of carbonyl (C=O) groups is 2. The van der Waals surface area contributed by atoms with Gasteiger partial charge in [0.1, 0.15) is 17.1 Å². The Morgan fingerprint density at radius 2 is 2.17 bits per heavy atom. The second kappa shape index (κ2) is 6.80. The van der Waals surface area contributed by atoms with E-state index < -0.39 is 5.97 Å². The molecule has 0 aliphatic heterocycles. The molecule has 0 aliphatic carbocycles. The van der Waals surface area contributed by atoms with Gasteiger partial charge in [0.05, 0.1) is 6.54 Å². The van der Waals surface area contributed by atoms with Gasteiger partial charge in [-0.15, -0.1) is 0 Å². The van der Waals surface area contributed by atoms with Gasteiger partial charge in [0.15, 0.2) is 0 Å². The van der Waals surface area contributed by atoms with Crippen molar-refractivity contribution in [3.05, 3.63) is 23.2 Å². The van der Waals surface area contributed by atoms with Crippen LogP contribution in [0.2, 0.25) is 0 Å². The normalized spacial score (nSPS) is 10.3. The van der Waals surface area contributed by atoms with Crippen LogP contribution in [0, 0.1) is 6.92 Å². The first-order valence-corrected chi connectivity index (χ1v) is 5.84. The van der Waals surface area contributed by atoms with E-state index in [4.69, 9.17) is 9.52 Å². The van der Waals surface area contributed by atoms with Gasteiger partial charge in [-0.25, -0.2) is 4.79 Å². The molecule has 0 aromatic carbocycles. The molecule has 0 saturated heterocycles. The van der Waals surface area contributed by atoms with Gasteiger partial charge in [-0.2, -0.15) is 0 Å². The molecule has 0 bridgehead atoms. The van der Waals surface area contributed by atoms with Crippen molar-refractivity contribution in [1.82, 2.24) is 10.6 Å². The summed E-state index contributed by atoms with van der Waals surface area (Å²) in [5.74, 6) is -0.0551. The van der Waals surface area contributed by atoms with E-state index in [9.17, 15) is 9.59 Å². The summed E-state index contributed by atoms with van der Waals surface area (Å²) >= 11 is 0. The number of furan rings is 1. The van der Waals surface area contributed by atoms with E-state index in [1.165, 1.54) is 6.07 Å². The molecular formula is C12H18N2O4. The molecule has 0 spiro atoms. The van der Waals surface area contributed by atoms with Gasteiger partial charge < -0.3 is 20.2 Å². The summed E-state index contributed by atoms with van der Waals surface area (Å²) in [6.45, 7) is 5.03. The fourth-order valence-electron chi connectivity index (χ4n) is 1.54. The highest BCUT2D eigenvalue weighted by Gasteiger charge is 2.13. The van der Waals surface area contributed by atoms with Crippen molar-refractivity contribution < 1.29 is 19.1 Å². The van der Waals surface area contributed by atoms with Crippen LogP contribution in [0.15, 0.2) is 10.5 Å². The van der Waals surface area contributed by atoms with Gasteiger partial charge in [-0.1, -0.05) is 0 Å². The number of rotatable bonds is 7. The summed E-state index contributed by atoms with van der Waals surface area (Å²) in [7, 11) is 0. The van der Waals surface area contributed by atoms with Crippen LogP contribution in [0.5, 0.6) is 0 Å². The van der Waals surface area contributed by atoms with Crippen LogP contribution in [0.3, 0.4) is 0 Å². The van der Waals surface area contributed by atoms with E-state index >= 15 is 0 Å². The molecule has 1 heterocycles. The van der Waals surface area contributed by atoms with E-state index in [2.05, 4.69) is 10.6 Å². The van der Waals surface area contributed by atoms with Gasteiger partial charge in [0.25, 0.3) is 0 Å². The molecule has 6 heteroatoms. The van der Waals surface area contributed by atoms with Crippen molar-refractivity contribution >= 4 is 11.9 Å². The zero-order chi connectivity index (χ0) is 13.5. The second-order valence-corrected chi connectivity index (χ2v) is 3.87. The predicted molar refractivity (Wildman–Crippen MR) is 65.4 cm³/mol. The molecule has 0 atom stereocenters. The maximum atomic E-state index is 11.1. The first kappa shape index (κ1) is 14.2. The van der Waals surface area contributed by atoms with Crippen LogP contribution < -0.4 is 10.6 Å². The number of carbonyl (C=O) groups excluding carboxylic acids is 1. The third-order valence-electron chi connectivity index (χ3n) is 2.40. The smallest absolute Gasteiger partial charge is 0.339 e. The Morgan fingerprint density at radius 3 is 2.72 bits per heavy atom. The number of carboxylic acids is 1. The summed E-state index contributed by atoms with van der Waals surface area (Å²) in [6.07, 6.45) is 0.388. The molecule has 0 unspecified atom stereocenters. The highest BCUT2D eigenvalue weighted by molar-refractivity contribution is 5.88. The molecule has 18 heavy (non-hydrogen) atoms. The average Bonchev–Trinajstić information content (AvgIpc) is 2.66. The van der Waals surface area contributed by atoms with Crippen molar-refractivity contribution in [1.29, 1.82) is 0 Å². The number of aromatic carboxylic acids is 1. The SMILES string of the molecule is CCNC(=O)CCNCc1cc(C(=O)O)c(C)o1. The number of hydrogen-bond acceptors (Lipinski definition) is 4. The summed E-state index contributed by atoms with van der Waals surface area (Å²) in [5.41, 5.74) is 0.176. The fourth-order valence-corrected chi connectivity index (χ4v) is 1.54. The van der Waals surface area contributed by atoms with Crippen LogP contribution in [0.4, 0.5) is 0 Å². The van der Waals surface area contributed by atoms with Crippen molar-refractivity contribution in [2.24, 2.45) is 0 Å². The first-order chi connectivity index (χ1) is 8.54. The largest absolute Gasteiger partial charge is 0.478 e. The van der Waals surface area contributed by atoms with E-state index in [1.54, 1.807) is 6.92 Å². The average molecular weight is 254 g/mol. The highest BCUT2D eigenvalue weighted by atomic mass is 16.4. The Bertz CT molecular complexity index is 426. The number of amides is 1. The third kappa shape index (κ3) is 4.21. The maximum absolute atomic E-state index is 11.1. The third-order valence-corrected chi connectivity index (χ3v) is 2.40. The van der Waals surface area contributed by atoms with Crippen LogP contribution in [0.25, 0.3) is 0 Å². The standard InChI is InChI=1S/C12H18N2O4/c1-3-14-11(15)4-5-13-7-9-6-10(12(16)17)8(2)18-9/h6,13H,3-5,7H2,1-2H3,(H,14,15)(H,16,17). The molecule has 0 fully saturated rings. The fraction of sp³-hybridized carbons (Fsp3) is 0.500. The molecule has 0 aliphatic rings. The van der Waals surface area contributed by atoms with Crippen LogP contribution in [-0.4, -0.2) is 30.1 Å². The topological polar surface area (TPSA) is 91.6 Å². The molecule has 0 saturated carbocycles. The van der Waals surface area contributed by atoms with Gasteiger partial charge in [0.2, 0.25) is 5.91 Å². The number of aryl methyl sites for hydroxylation is 1. The lowest BCUT2D eigenvalue weighted by Gasteiger charge is -2.03. The Balaban J connectivity index is 2.34. The van der Waals surface area contributed by atoms with E-state index in [0.717, 1.165) is 0 Å². The van der Waals surface area contributed by atoms with E-state index in [0.29, 0.717) is 37.6 Å². The molecular weight excluding hydrogens is 236 g/mol. The molecule has 1 amide bonds. The minimum atomic E-state index is -0.996. The first-order valence-electron chi connectivity index (χ1n) is 5.84.